The van der Waals surface area contributed by atoms with Gasteiger partial charge in [0.25, 0.3) is 0 Å². The SMILES string of the molecule is CC1(c2ccc(F)cc2)C(=O)Nc2nc(-c3cn4ccnc4c(CCCc4ccccc4)n3)nc(N)c21. The van der Waals surface area contributed by atoms with Gasteiger partial charge in [-0.25, -0.2) is 24.3 Å². The number of nitrogens with two attached hydrogens (primary N) is 1. The maximum absolute atomic E-state index is 13.5. The Morgan fingerprint density at radius 1 is 1.03 bits per heavy atom. The van der Waals surface area contributed by atoms with E-state index in [1.807, 2.05) is 28.8 Å². The van der Waals surface area contributed by atoms with Crippen LogP contribution in [0, 0.1) is 5.82 Å². The molecule has 0 spiro atoms. The number of hydrogen-bond donors (Lipinski definition) is 2. The summed E-state index contributed by atoms with van der Waals surface area (Å²) < 4.78 is 15.4. The summed E-state index contributed by atoms with van der Waals surface area (Å²) in [7, 11) is 0. The number of aromatic nitrogens is 5. The molecule has 5 aromatic rings. The summed E-state index contributed by atoms with van der Waals surface area (Å²) in [5.41, 5.74) is 9.77. The number of nitrogen functional groups attached to an aromatic ring is 1. The van der Waals surface area contributed by atoms with E-state index in [0.717, 1.165) is 30.6 Å². The summed E-state index contributed by atoms with van der Waals surface area (Å²) >= 11 is 0. The number of carbonyl (C=O) groups excluding carboxylic acids is 1. The summed E-state index contributed by atoms with van der Waals surface area (Å²) in [6.45, 7) is 1.74. The Morgan fingerprint density at radius 3 is 2.59 bits per heavy atom. The summed E-state index contributed by atoms with van der Waals surface area (Å²) in [6, 6.07) is 16.1. The molecule has 3 aromatic heterocycles. The van der Waals surface area contributed by atoms with E-state index >= 15 is 0 Å². The summed E-state index contributed by atoms with van der Waals surface area (Å²) in [4.78, 5) is 31.6. The molecule has 0 radical (unpaired) electrons. The first-order chi connectivity index (χ1) is 17.9. The number of nitrogens with zero attached hydrogens (tertiary/aromatic N) is 5. The number of carbonyl (C=O) groups is 1. The monoisotopic (exact) mass is 493 g/mol. The van der Waals surface area contributed by atoms with Crippen molar-refractivity contribution in [2.24, 2.45) is 0 Å². The van der Waals surface area contributed by atoms with Crippen molar-refractivity contribution < 1.29 is 9.18 Å². The fourth-order valence-corrected chi connectivity index (χ4v) is 4.96. The van der Waals surface area contributed by atoms with Crippen LogP contribution in [0.5, 0.6) is 0 Å². The summed E-state index contributed by atoms with van der Waals surface area (Å²) in [5.74, 6) is 0.124. The Morgan fingerprint density at radius 2 is 1.81 bits per heavy atom. The molecular weight excluding hydrogens is 469 g/mol. The third kappa shape index (κ3) is 3.88. The molecule has 9 heteroatoms. The highest BCUT2D eigenvalue weighted by atomic mass is 19.1. The fourth-order valence-electron chi connectivity index (χ4n) is 4.96. The molecule has 0 saturated carbocycles. The van der Waals surface area contributed by atoms with Gasteiger partial charge < -0.3 is 15.5 Å². The van der Waals surface area contributed by atoms with E-state index in [1.54, 1.807) is 31.5 Å². The number of fused-ring (bicyclic) bond motifs is 2. The first-order valence-corrected chi connectivity index (χ1v) is 12.1. The van der Waals surface area contributed by atoms with Crippen LogP contribution in [0.15, 0.2) is 73.2 Å². The number of benzene rings is 2. The van der Waals surface area contributed by atoms with Gasteiger partial charge in [0, 0.05) is 18.6 Å². The molecule has 8 nitrogen and oxygen atoms in total. The number of aryl methyl sites for hydroxylation is 2. The minimum absolute atomic E-state index is 0.170. The highest BCUT2D eigenvalue weighted by Crippen LogP contribution is 2.44. The van der Waals surface area contributed by atoms with E-state index in [9.17, 15) is 9.18 Å². The van der Waals surface area contributed by atoms with E-state index in [0.29, 0.717) is 28.5 Å². The van der Waals surface area contributed by atoms with Gasteiger partial charge >= 0.3 is 0 Å². The molecule has 2 aromatic carbocycles. The minimum Gasteiger partial charge on any atom is -0.383 e. The van der Waals surface area contributed by atoms with Crippen molar-refractivity contribution >= 4 is 23.2 Å². The van der Waals surface area contributed by atoms with Crippen LogP contribution < -0.4 is 11.1 Å². The van der Waals surface area contributed by atoms with Crippen molar-refractivity contribution in [1.82, 2.24) is 24.3 Å². The Hall–Kier alpha value is -4.66. The minimum atomic E-state index is -1.14. The molecule has 0 bridgehead atoms. The van der Waals surface area contributed by atoms with E-state index in [2.05, 4.69) is 32.4 Å². The molecule has 1 aliphatic heterocycles. The molecule has 6 rings (SSSR count). The van der Waals surface area contributed by atoms with Crippen LogP contribution in [0.2, 0.25) is 0 Å². The Labute approximate surface area is 212 Å². The topological polar surface area (TPSA) is 111 Å². The van der Waals surface area contributed by atoms with Crippen LogP contribution in [0.4, 0.5) is 16.0 Å². The lowest BCUT2D eigenvalue weighted by Gasteiger charge is -2.23. The zero-order valence-electron chi connectivity index (χ0n) is 20.1. The second kappa shape index (κ2) is 8.77. The molecule has 1 amide bonds. The maximum atomic E-state index is 13.5. The van der Waals surface area contributed by atoms with Crippen molar-refractivity contribution in [3.63, 3.8) is 0 Å². The number of anilines is 2. The van der Waals surface area contributed by atoms with Crippen molar-refractivity contribution in [3.8, 4) is 11.5 Å². The van der Waals surface area contributed by atoms with Crippen molar-refractivity contribution in [3.05, 3.63) is 101 Å². The zero-order valence-corrected chi connectivity index (χ0v) is 20.1. The molecule has 184 valence electrons. The van der Waals surface area contributed by atoms with Crippen LogP contribution >= 0.6 is 0 Å². The Bertz CT molecular complexity index is 1630. The molecule has 0 saturated heterocycles. The second-order valence-corrected chi connectivity index (χ2v) is 9.31. The largest absolute Gasteiger partial charge is 0.383 e. The second-order valence-electron chi connectivity index (χ2n) is 9.31. The predicted octanol–water partition coefficient (Wildman–Crippen LogP) is 4.34. The number of imidazole rings is 1. The van der Waals surface area contributed by atoms with E-state index in [-0.39, 0.29) is 17.5 Å². The first-order valence-electron chi connectivity index (χ1n) is 12.1. The smallest absolute Gasteiger partial charge is 0.240 e. The summed E-state index contributed by atoms with van der Waals surface area (Å²) in [5, 5.41) is 2.84. The van der Waals surface area contributed by atoms with Gasteiger partial charge in [-0.05, 0) is 49.4 Å². The highest BCUT2D eigenvalue weighted by Gasteiger charge is 2.47. The van der Waals surface area contributed by atoms with Crippen LogP contribution in [0.25, 0.3) is 17.2 Å². The lowest BCUT2D eigenvalue weighted by atomic mass is 9.78. The Balaban J connectivity index is 1.36. The fraction of sp³-hybridized carbons (Fsp3) is 0.179. The number of hydrogen-bond acceptors (Lipinski definition) is 6. The van der Waals surface area contributed by atoms with E-state index in [4.69, 9.17) is 10.7 Å². The molecule has 4 heterocycles. The van der Waals surface area contributed by atoms with Gasteiger partial charge in [0.05, 0.1) is 11.3 Å². The molecule has 1 unspecified atom stereocenters. The van der Waals surface area contributed by atoms with Crippen LogP contribution in [0.3, 0.4) is 0 Å². The molecular formula is C28H24FN7O. The van der Waals surface area contributed by atoms with Crippen LogP contribution in [0.1, 0.15) is 35.7 Å². The average Bonchev–Trinajstić information content (AvgIpc) is 3.48. The summed E-state index contributed by atoms with van der Waals surface area (Å²) in [6.07, 6.45) is 7.94. The molecule has 3 N–H and O–H groups in total. The van der Waals surface area contributed by atoms with Crippen LogP contribution in [-0.4, -0.2) is 30.2 Å². The average molecular weight is 494 g/mol. The van der Waals surface area contributed by atoms with Gasteiger partial charge in [-0.15, -0.1) is 0 Å². The highest BCUT2D eigenvalue weighted by molar-refractivity contribution is 6.09. The van der Waals surface area contributed by atoms with Gasteiger partial charge in [0.15, 0.2) is 11.5 Å². The van der Waals surface area contributed by atoms with Crippen molar-refractivity contribution in [1.29, 1.82) is 0 Å². The quantitative estimate of drug-likeness (QED) is 0.364. The number of nitrogens with one attached hydrogen (secondary N) is 1. The third-order valence-electron chi connectivity index (χ3n) is 6.94. The van der Waals surface area contributed by atoms with E-state index < -0.39 is 5.41 Å². The first kappa shape index (κ1) is 22.8. The maximum Gasteiger partial charge on any atom is 0.240 e. The van der Waals surface area contributed by atoms with Crippen molar-refractivity contribution in [2.45, 2.75) is 31.6 Å². The lowest BCUT2D eigenvalue weighted by Crippen LogP contribution is -2.33. The van der Waals surface area contributed by atoms with Gasteiger partial charge in [0.1, 0.15) is 28.6 Å². The molecule has 1 aliphatic rings. The molecule has 0 fully saturated rings. The predicted molar refractivity (Wildman–Crippen MR) is 138 cm³/mol. The van der Waals surface area contributed by atoms with E-state index in [1.165, 1.54) is 17.7 Å². The third-order valence-corrected chi connectivity index (χ3v) is 6.94. The van der Waals surface area contributed by atoms with Gasteiger partial charge in [0.2, 0.25) is 5.91 Å². The van der Waals surface area contributed by atoms with Gasteiger partial charge in [-0.3, -0.25) is 4.79 Å². The molecule has 37 heavy (non-hydrogen) atoms. The molecule has 1 atom stereocenters. The zero-order chi connectivity index (χ0) is 25.6. The molecule has 0 aliphatic carbocycles. The van der Waals surface area contributed by atoms with Gasteiger partial charge in [-0.2, -0.15) is 0 Å². The number of halogens is 1. The lowest BCUT2D eigenvalue weighted by molar-refractivity contribution is -0.119. The normalized spacial score (nSPS) is 16.6. The van der Waals surface area contributed by atoms with Crippen LogP contribution in [-0.2, 0) is 23.1 Å². The van der Waals surface area contributed by atoms with Crippen molar-refractivity contribution in [2.75, 3.05) is 11.1 Å². The standard InChI is InChI=1S/C28H24FN7O/c1-28(18-10-12-19(29)13-11-18)22-23(30)33-24(34-25(22)35-27(28)37)21-16-36-15-14-31-26(36)20(32-21)9-5-8-17-6-3-2-4-7-17/h2-4,6-7,10-16H,5,8-9H2,1H3,(H3,30,33,34,35,37). The van der Waals surface area contributed by atoms with Gasteiger partial charge in [-0.1, -0.05) is 42.5 Å². The number of rotatable bonds is 6. The Kier molecular flexibility index (Phi) is 5.40. The number of amides is 1.